The van der Waals surface area contributed by atoms with Gasteiger partial charge in [0.25, 0.3) is 0 Å². The zero-order chi connectivity index (χ0) is 27.9. The normalized spacial score (nSPS) is 13.1. The predicted molar refractivity (Wildman–Crippen MR) is 159 cm³/mol. The molecule has 4 aromatic rings. The smallest absolute Gasteiger partial charge is 0.335 e. The first-order valence-corrected chi connectivity index (χ1v) is 14.3. The number of nitrogens with zero attached hydrogens (tertiary/aromatic N) is 1. The third kappa shape index (κ3) is 6.61. The van der Waals surface area contributed by atoms with Crippen LogP contribution in [0.1, 0.15) is 35.4 Å². The van der Waals surface area contributed by atoms with Crippen molar-refractivity contribution in [1.82, 2.24) is 0 Å². The lowest BCUT2D eigenvalue weighted by Gasteiger charge is -2.17. The Balaban J connectivity index is 1.20. The van der Waals surface area contributed by atoms with Crippen molar-refractivity contribution in [2.24, 2.45) is 4.99 Å². The van der Waals surface area contributed by atoms with E-state index in [9.17, 15) is 4.79 Å². The molecule has 206 valence electrons. The third-order valence-corrected chi connectivity index (χ3v) is 7.90. The number of benzene rings is 3. The van der Waals surface area contributed by atoms with Crippen LogP contribution in [0.4, 0.5) is 5.69 Å². The highest BCUT2D eigenvalue weighted by Crippen LogP contribution is 2.34. The van der Waals surface area contributed by atoms with E-state index < -0.39 is 6.10 Å². The number of carbonyl (C=O) groups excluding carboxylic acids is 1. The highest BCUT2D eigenvalue weighted by molar-refractivity contribution is 7.15. The van der Waals surface area contributed by atoms with E-state index >= 15 is 0 Å². The summed E-state index contributed by atoms with van der Waals surface area (Å²) in [6.07, 6.45) is -0.133. The van der Waals surface area contributed by atoms with Gasteiger partial charge in [0.1, 0.15) is 30.4 Å². The number of thiophene rings is 1. The molecule has 0 aliphatic carbocycles. The second-order valence-electron chi connectivity index (χ2n) is 9.44. The summed E-state index contributed by atoms with van der Waals surface area (Å²) in [5, 5.41) is 0. The van der Waals surface area contributed by atoms with Crippen LogP contribution >= 0.6 is 11.3 Å². The molecule has 0 bridgehead atoms. The van der Waals surface area contributed by atoms with Gasteiger partial charge < -0.3 is 18.9 Å². The van der Waals surface area contributed by atoms with Crippen LogP contribution in [-0.4, -0.2) is 37.6 Å². The Hall–Kier alpha value is -3.94. The summed E-state index contributed by atoms with van der Waals surface area (Å²) in [4.78, 5) is 19.3. The molecule has 0 fully saturated rings. The van der Waals surface area contributed by atoms with Gasteiger partial charge in [-0.15, -0.1) is 11.3 Å². The molecule has 0 saturated heterocycles. The molecule has 0 radical (unpaired) electrons. The second-order valence-corrected chi connectivity index (χ2v) is 10.6. The molecular weight excluding hydrogens is 522 g/mol. The third-order valence-electron chi connectivity index (χ3n) is 6.64. The topological polar surface area (TPSA) is 66.4 Å². The number of hydrogen-bond donors (Lipinski definition) is 0. The Kier molecular flexibility index (Phi) is 8.94. The summed E-state index contributed by atoms with van der Waals surface area (Å²) in [6, 6.07) is 26.3. The van der Waals surface area contributed by atoms with Gasteiger partial charge in [-0.2, -0.15) is 0 Å². The summed E-state index contributed by atoms with van der Waals surface area (Å²) in [6.45, 7) is 7.54. The predicted octanol–water partition coefficient (Wildman–Crippen LogP) is 7.33. The number of rotatable bonds is 11. The molecule has 6 nitrogen and oxygen atoms in total. The van der Waals surface area contributed by atoms with E-state index in [4.69, 9.17) is 23.9 Å². The molecule has 5 rings (SSSR count). The van der Waals surface area contributed by atoms with Gasteiger partial charge in [-0.05, 0) is 73.4 Å². The van der Waals surface area contributed by atoms with Crippen molar-refractivity contribution in [1.29, 1.82) is 0 Å². The molecule has 0 N–H and O–H groups in total. The molecule has 1 aliphatic heterocycles. The lowest BCUT2D eigenvalue weighted by Crippen LogP contribution is -2.28. The summed E-state index contributed by atoms with van der Waals surface area (Å²) in [7, 11) is 0. The van der Waals surface area contributed by atoms with Crippen LogP contribution in [0, 0.1) is 6.92 Å². The molecule has 0 spiro atoms. The highest BCUT2D eigenvalue weighted by atomic mass is 32.1. The molecule has 7 heteroatoms. The molecule has 0 amide bonds. The van der Waals surface area contributed by atoms with Gasteiger partial charge in [-0.25, -0.2) is 9.79 Å². The molecule has 40 heavy (non-hydrogen) atoms. The van der Waals surface area contributed by atoms with Crippen molar-refractivity contribution in [3.05, 3.63) is 100 Å². The molecule has 1 atom stereocenters. The average Bonchev–Trinajstić information content (AvgIpc) is 3.36. The summed E-state index contributed by atoms with van der Waals surface area (Å²) >= 11 is 1.74. The fourth-order valence-electron chi connectivity index (χ4n) is 4.51. The summed E-state index contributed by atoms with van der Waals surface area (Å²) < 4.78 is 22.7. The maximum atomic E-state index is 12.1. The Bertz CT molecular complexity index is 1470. The van der Waals surface area contributed by atoms with Crippen LogP contribution in [0.15, 0.2) is 83.9 Å². The first-order valence-electron chi connectivity index (χ1n) is 13.5. The lowest BCUT2D eigenvalue weighted by atomic mass is 10.1. The Morgan fingerprint density at radius 1 is 0.975 bits per heavy atom. The number of aryl methyl sites for hydroxylation is 1. The highest BCUT2D eigenvalue weighted by Gasteiger charge is 2.20. The van der Waals surface area contributed by atoms with Crippen LogP contribution in [0.2, 0.25) is 0 Å². The zero-order valence-electron chi connectivity index (χ0n) is 23.0. The maximum absolute atomic E-state index is 12.1. The fourth-order valence-corrected chi connectivity index (χ4v) is 5.60. The van der Waals surface area contributed by atoms with E-state index in [2.05, 4.69) is 37.3 Å². The van der Waals surface area contributed by atoms with E-state index in [0.717, 1.165) is 39.6 Å². The monoisotopic (exact) mass is 555 g/mol. The van der Waals surface area contributed by atoms with Crippen molar-refractivity contribution in [3.63, 3.8) is 0 Å². The minimum absolute atomic E-state index is 0.328. The number of fused-ring (bicyclic) bond motifs is 1. The standard InChI is InChI=1S/C33H33NO5S/c1-4-36-30(33(35)37-5-2)19-23-10-16-26(17-11-23)38-21-32-22(3)18-31(40-32)25-14-12-24(13-15-25)28-20-39-29-9-7-6-8-27(29)34-28/h6-18,30H,4-5,19-21H2,1-3H3. The molecule has 0 saturated carbocycles. The van der Waals surface area contributed by atoms with Crippen molar-refractivity contribution in [3.8, 4) is 21.9 Å². The van der Waals surface area contributed by atoms with E-state index in [-0.39, 0.29) is 5.97 Å². The van der Waals surface area contributed by atoms with Crippen LogP contribution in [0.25, 0.3) is 10.4 Å². The van der Waals surface area contributed by atoms with Gasteiger partial charge in [-0.1, -0.05) is 48.5 Å². The quantitative estimate of drug-likeness (QED) is 0.181. The number of para-hydroxylation sites is 2. The van der Waals surface area contributed by atoms with Crippen molar-refractivity contribution in [2.45, 2.75) is 39.9 Å². The summed E-state index contributed by atoms with van der Waals surface area (Å²) in [5.41, 5.74) is 6.22. The largest absolute Gasteiger partial charge is 0.488 e. The van der Waals surface area contributed by atoms with Gasteiger partial charge >= 0.3 is 5.97 Å². The number of ether oxygens (including phenoxy) is 4. The van der Waals surface area contributed by atoms with E-state index in [1.54, 1.807) is 18.3 Å². The van der Waals surface area contributed by atoms with Gasteiger partial charge in [-0.3, -0.25) is 0 Å². The molecule has 3 aromatic carbocycles. The number of hydrogen-bond acceptors (Lipinski definition) is 7. The van der Waals surface area contributed by atoms with Crippen molar-refractivity contribution in [2.75, 3.05) is 19.8 Å². The number of esters is 1. The molecule has 1 aromatic heterocycles. The SMILES string of the molecule is CCOC(=O)C(Cc1ccc(OCc2sc(-c3ccc(C4=Nc5ccccc5OC4)cc3)cc2C)cc1)OCC. The van der Waals surface area contributed by atoms with E-state index in [0.29, 0.717) is 32.8 Å². The van der Waals surface area contributed by atoms with Gasteiger partial charge in [0, 0.05) is 22.8 Å². The molecule has 1 unspecified atom stereocenters. The first-order chi connectivity index (χ1) is 19.5. The molecule has 1 aliphatic rings. The first kappa shape index (κ1) is 27.6. The van der Waals surface area contributed by atoms with Crippen molar-refractivity contribution >= 4 is 28.7 Å². The van der Waals surface area contributed by atoms with Crippen LogP contribution in [0.3, 0.4) is 0 Å². The Labute approximate surface area is 239 Å². The number of aliphatic imine (C=N–C) groups is 1. The zero-order valence-corrected chi connectivity index (χ0v) is 23.8. The summed E-state index contributed by atoms with van der Waals surface area (Å²) in [5.74, 6) is 1.28. The number of carbonyl (C=O) groups is 1. The minimum atomic E-state index is -0.598. The van der Waals surface area contributed by atoms with Gasteiger partial charge in [0.15, 0.2) is 6.10 Å². The molecular formula is C33H33NO5S. The minimum Gasteiger partial charge on any atom is -0.488 e. The van der Waals surface area contributed by atoms with E-state index in [1.807, 2.05) is 55.5 Å². The average molecular weight is 556 g/mol. The van der Waals surface area contributed by atoms with Gasteiger partial charge in [0.2, 0.25) is 0 Å². The fraction of sp³-hybridized carbons (Fsp3) is 0.273. The maximum Gasteiger partial charge on any atom is 0.335 e. The van der Waals surface area contributed by atoms with E-state index in [1.165, 1.54) is 15.3 Å². The van der Waals surface area contributed by atoms with Crippen LogP contribution in [0.5, 0.6) is 11.5 Å². The second kappa shape index (κ2) is 12.9. The Morgan fingerprint density at radius 2 is 1.73 bits per heavy atom. The van der Waals surface area contributed by atoms with Crippen LogP contribution < -0.4 is 9.47 Å². The lowest BCUT2D eigenvalue weighted by molar-refractivity contribution is -0.156. The Morgan fingerprint density at radius 3 is 2.48 bits per heavy atom. The van der Waals surface area contributed by atoms with Crippen molar-refractivity contribution < 1.29 is 23.7 Å². The molecule has 2 heterocycles. The van der Waals surface area contributed by atoms with Crippen LogP contribution in [-0.2, 0) is 27.3 Å². The van der Waals surface area contributed by atoms with Gasteiger partial charge in [0.05, 0.1) is 12.3 Å².